The summed E-state index contributed by atoms with van der Waals surface area (Å²) in [6.45, 7) is 9.87. The van der Waals surface area contributed by atoms with Crippen LogP contribution in [0.25, 0.3) is 0 Å². The summed E-state index contributed by atoms with van der Waals surface area (Å²) in [5.41, 5.74) is -0.199. The molecule has 0 fully saturated rings. The lowest BCUT2D eigenvalue weighted by molar-refractivity contribution is -0.148. The summed E-state index contributed by atoms with van der Waals surface area (Å²) in [6, 6.07) is 16.2. The number of hydrogen-bond donors (Lipinski definition) is 4. The molecular weight excluding hydrogens is 686 g/mol. The fraction of sp³-hybridized carbons (Fsp3) is 0.286. The Morgan fingerprint density at radius 3 is 2.10 bits per heavy atom. The van der Waals surface area contributed by atoms with Gasteiger partial charge in [0.25, 0.3) is 0 Å². The van der Waals surface area contributed by atoms with E-state index in [1.165, 1.54) is 48.5 Å². The van der Waals surface area contributed by atoms with Crippen molar-refractivity contribution >= 4 is 64.8 Å². The van der Waals surface area contributed by atoms with Gasteiger partial charge in [-0.05, 0) is 101 Å². The van der Waals surface area contributed by atoms with E-state index in [4.69, 9.17) is 36.8 Å². The topological polar surface area (TPSA) is 216 Å². The SMILES string of the molecule is CC(C)(C)OC(=O)NC(=Nc1ccc(C(=O)Oc2ccc(CC(=O)Nc3cccc(CC(=O)C(=O)O)c3)c(Cl)c2)cc1)N(N)C(=O)OC(C)(C)C. The molecule has 0 aliphatic carbocycles. The van der Waals surface area contributed by atoms with Crippen LogP contribution in [-0.4, -0.2) is 63.1 Å². The first-order valence-corrected chi connectivity index (χ1v) is 15.7. The lowest BCUT2D eigenvalue weighted by Crippen LogP contribution is -2.53. The molecule has 5 N–H and O–H groups in total. The Bertz CT molecular complexity index is 1850. The molecule has 0 saturated carbocycles. The average molecular weight is 724 g/mol. The van der Waals surface area contributed by atoms with E-state index in [2.05, 4.69) is 15.6 Å². The Hall–Kier alpha value is -5.80. The number of carboxylic acid groups (broad SMARTS) is 1. The predicted molar refractivity (Wildman–Crippen MR) is 187 cm³/mol. The van der Waals surface area contributed by atoms with Crippen molar-refractivity contribution in [2.75, 3.05) is 5.32 Å². The van der Waals surface area contributed by atoms with E-state index in [-0.39, 0.29) is 34.9 Å². The number of nitrogens with zero attached hydrogens (tertiary/aromatic N) is 2. The Labute approximate surface area is 298 Å². The van der Waals surface area contributed by atoms with Crippen molar-refractivity contribution in [3.63, 3.8) is 0 Å². The molecule has 0 unspecified atom stereocenters. The molecule has 3 rings (SSSR count). The lowest BCUT2D eigenvalue weighted by Gasteiger charge is -2.26. The highest BCUT2D eigenvalue weighted by Crippen LogP contribution is 2.25. The van der Waals surface area contributed by atoms with Gasteiger partial charge in [-0.15, -0.1) is 0 Å². The number of halogens is 1. The number of benzene rings is 3. The first kappa shape index (κ1) is 39.6. The van der Waals surface area contributed by atoms with Gasteiger partial charge in [-0.2, -0.15) is 5.01 Å². The summed E-state index contributed by atoms with van der Waals surface area (Å²) in [7, 11) is 0. The molecule has 3 aromatic carbocycles. The predicted octanol–water partition coefficient (Wildman–Crippen LogP) is 5.56. The van der Waals surface area contributed by atoms with Gasteiger partial charge in [0.05, 0.1) is 17.7 Å². The van der Waals surface area contributed by atoms with Crippen LogP contribution in [0.5, 0.6) is 5.75 Å². The molecular formula is C35H38ClN5O10. The van der Waals surface area contributed by atoms with Crippen LogP contribution >= 0.6 is 11.6 Å². The Kier molecular flexibility index (Phi) is 13.0. The van der Waals surface area contributed by atoms with Gasteiger partial charge in [0, 0.05) is 17.1 Å². The zero-order valence-electron chi connectivity index (χ0n) is 28.7. The second-order valence-corrected chi connectivity index (χ2v) is 13.3. The number of hydrazine groups is 1. The number of aliphatic imine (C=N–C) groups is 1. The first-order valence-electron chi connectivity index (χ1n) is 15.3. The fourth-order valence-corrected chi connectivity index (χ4v) is 4.27. The number of anilines is 1. The van der Waals surface area contributed by atoms with E-state index in [0.29, 0.717) is 21.8 Å². The molecule has 0 bridgehead atoms. The van der Waals surface area contributed by atoms with Crippen molar-refractivity contribution < 1.29 is 48.1 Å². The monoisotopic (exact) mass is 723 g/mol. The molecule has 3 amide bonds. The Morgan fingerprint density at radius 1 is 0.863 bits per heavy atom. The zero-order chi connectivity index (χ0) is 38.1. The number of rotatable bonds is 9. The molecule has 0 saturated heterocycles. The van der Waals surface area contributed by atoms with Crippen molar-refractivity contribution in [2.24, 2.45) is 10.8 Å². The minimum absolute atomic E-state index is 0.104. The number of esters is 1. The summed E-state index contributed by atoms with van der Waals surface area (Å²) in [4.78, 5) is 77.2. The highest BCUT2D eigenvalue weighted by Gasteiger charge is 2.27. The number of Topliss-reactive ketones (excluding diaryl/α,β-unsaturated/α-hetero) is 1. The summed E-state index contributed by atoms with van der Waals surface area (Å²) < 4.78 is 15.9. The van der Waals surface area contributed by atoms with Crippen molar-refractivity contribution in [3.05, 3.63) is 88.4 Å². The summed E-state index contributed by atoms with van der Waals surface area (Å²) in [5, 5.41) is 14.5. The molecule has 0 aliphatic rings. The highest BCUT2D eigenvalue weighted by molar-refractivity contribution is 6.33. The number of ketones is 1. The molecule has 3 aromatic rings. The number of alkyl carbamates (subject to hydrolysis) is 1. The van der Waals surface area contributed by atoms with Gasteiger partial charge >= 0.3 is 24.1 Å². The maximum Gasteiger partial charge on any atom is 0.431 e. The van der Waals surface area contributed by atoms with Crippen LogP contribution in [0.3, 0.4) is 0 Å². The van der Waals surface area contributed by atoms with Crippen LogP contribution in [0.15, 0.2) is 71.7 Å². The molecule has 0 aromatic heterocycles. The normalized spacial score (nSPS) is 11.6. The number of hydrogen-bond acceptors (Lipinski definition) is 11. The van der Waals surface area contributed by atoms with Crippen LogP contribution in [0.2, 0.25) is 5.02 Å². The summed E-state index contributed by atoms with van der Waals surface area (Å²) in [6.07, 6.45) is -2.38. The van der Waals surface area contributed by atoms with Gasteiger partial charge in [0.2, 0.25) is 17.6 Å². The number of amides is 3. The van der Waals surface area contributed by atoms with Gasteiger partial charge < -0.3 is 24.6 Å². The Balaban J connectivity index is 1.68. The standard InChI is InChI=1S/C35H38ClN5O10/c1-34(2,3)50-32(47)40-31(41(37)33(48)51-35(4,5)6)39-23-13-10-21(11-14-23)30(46)49-25-15-12-22(26(36)19-25)18-28(43)38-24-9-7-8-20(16-24)17-27(42)29(44)45/h7-16,19H,17-18,37H2,1-6H3,(H,38,43)(H,44,45)(H,39,40,47). The van der Waals surface area contributed by atoms with Gasteiger partial charge in [-0.3, -0.25) is 14.9 Å². The van der Waals surface area contributed by atoms with Gasteiger partial charge in [-0.1, -0.05) is 29.8 Å². The molecule has 0 heterocycles. The van der Waals surface area contributed by atoms with E-state index < -0.39 is 53.0 Å². The number of ether oxygens (including phenoxy) is 3. The molecule has 270 valence electrons. The lowest BCUT2D eigenvalue weighted by atomic mass is 10.1. The van der Waals surface area contributed by atoms with Gasteiger partial charge in [0.1, 0.15) is 17.0 Å². The van der Waals surface area contributed by atoms with Crippen molar-refractivity contribution in [3.8, 4) is 5.75 Å². The largest absolute Gasteiger partial charge is 0.475 e. The number of nitrogens with two attached hydrogens (primary N) is 1. The summed E-state index contributed by atoms with van der Waals surface area (Å²) >= 11 is 6.38. The van der Waals surface area contributed by atoms with Crippen LogP contribution in [0, 0.1) is 0 Å². The third-order valence-corrected chi connectivity index (χ3v) is 6.52. The number of carbonyl (C=O) groups is 6. The second kappa shape index (κ2) is 16.7. The van der Waals surface area contributed by atoms with Crippen molar-refractivity contribution in [1.82, 2.24) is 10.3 Å². The minimum atomic E-state index is -1.54. The summed E-state index contributed by atoms with van der Waals surface area (Å²) in [5.74, 6) is 1.94. The van der Waals surface area contributed by atoms with Crippen LogP contribution in [0.4, 0.5) is 21.0 Å². The molecule has 51 heavy (non-hydrogen) atoms. The van der Waals surface area contributed by atoms with E-state index in [1.54, 1.807) is 59.7 Å². The second-order valence-electron chi connectivity index (χ2n) is 12.9. The average Bonchev–Trinajstić information content (AvgIpc) is 3.00. The van der Waals surface area contributed by atoms with Gasteiger partial charge in [0.15, 0.2) is 0 Å². The van der Waals surface area contributed by atoms with Gasteiger partial charge in [-0.25, -0.2) is 30.0 Å². The number of carboxylic acids is 1. The molecule has 0 spiro atoms. The molecule has 0 atom stereocenters. The highest BCUT2D eigenvalue weighted by atomic mass is 35.5. The number of nitrogens with one attached hydrogen (secondary N) is 2. The number of guanidine groups is 1. The third kappa shape index (κ3) is 13.2. The minimum Gasteiger partial charge on any atom is -0.475 e. The molecule has 16 heteroatoms. The van der Waals surface area contributed by atoms with E-state index in [1.807, 2.05) is 0 Å². The quantitative estimate of drug-likeness (QED) is 0.0313. The van der Waals surface area contributed by atoms with Crippen LogP contribution < -0.4 is 21.2 Å². The maximum absolute atomic E-state index is 12.9. The molecule has 0 aliphatic heterocycles. The first-order chi connectivity index (χ1) is 23.7. The number of aliphatic carboxylic acids is 1. The molecule has 15 nitrogen and oxygen atoms in total. The smallest absolute Gasteiger partial charge is 0.431 e. The zero-order valence-corrected chi connectivity index (χ0v) is 29.5. The van der Waals surface area contributed by atoms with E-state index in [9.17, 15) is 28.8 Å². The van der Waals surface area contributed by atoms with Crippen molar-refractivity contribution in [2.45, 2.75) is 65.6 Å². The maximum atomic E-state index is 12.9. The van der Waals surface area contributed by atoms with Crippen LogP contribution in [0.1, 0.15) is 63.0 Å². The van der Waals surface area contributed by atoms with Crippen molar-refractivity contribution in [1.29, 1.82) is 0 Å². The number of carbonyl (C=O) groups excluding carboxylic acids is 5. The third-order valence-electron chi connectivity index (χ3n) is 6.17. The van der Waals surface area contributed by atoms with Crippen LogP contribution in [-0.2, 0) is 36.7 Å². The molecule has 0 radical (unpaired) electrons. The van der Waals surface area contributed by atoms with E-state index in [0.717, 1.165) is 0 Å². The fourth-order valence-electron chi connectivity index (χ4n) is 4.03. The Morgan fingerprint density at radius 2 is 1.51 bits per heavy atom. The van der Waals surface area contributed by atoms with E-state index >= 15 is 0 Å².